The van der Waals surface area contributed by atoms with Crippen molar-refractivity contribution in [3.63, 3.8) is 0 Å². The maximum atomic E-state index is 10.2. The van der Waals surface area contributed by atoms with Crippen molar-refractivity contribution in [2.24, 2.45) is 0 Å². The second kappa shape index (κ2) is 9.82. The highest BCUT2D eigenvalue weighted by molar-refractivity contribution is 6.32. The quantitative estimate of drug-likeness (QED) is 0.511. The van der Waals surface area contributed by atoms with Crippen molar-refractivity contribution in [1.82, 2.24) is 0 Å². The Balaban J connectivity index is 0. The van der Waals surface area contributed by atoms with Crippen molar-refractivity contribution in [3.8, 4) is 0 Å². The molecule has 0 unspecified atom stereocenters. The van der Waals surface area contributed by atoms with Crippen molar-refractivity contribution in [2.45, 2.75) is 27.7 Å². The van der Waals surface area contributed by atoms with Gasteiger partial charge in [-0.1, -0.05) is 0 Å². The molecule has 0 aromatic rings. The highest BCUT2D eigenvalue weighted by atomic mass is 16.5. The van der Waals surface area contributed by atoms with Crippen molar-refractivity contribution < 1.29 is 28.7 Å². The van der Waals surface area contributed by atoms with Crippen LogP contribution in [0.4, 0.5) is 0 Å². The number of esters is 2. The Morgan fingerprint density at radius 3 is 1.06 bits per heavy atom. The van der Waals surface area contributed by atoms with E-state index in [-0.39, 0.29) is 13.2 Å². The molecular formula is C10H16O6. The van der Waals surface area contributed by atoms with Crippen molar-refractivity contribution in [3.05, 3.63) is 0 Å². The Kier molecular flexibility index (Phi) is 10.3. The van der Waals surface area contributed by atoms with Gasteiger partial charge in [0.25, 0.3) is 0 Å². The zero-order valence-electron chi connectivity index (χ0n) is 9.86. The van der Waals surface area contributed by atoms with Crippen LogP contribution in [0, 0.1) is 0 Å². The van der Waals surface area contributed by atoms with Gasteiger partial charge in [0.2, 0.25) is 11.6 Å². The molecule has 0 heterocycles. The summed E-state index contributed by atoms with van der Waals surface area (Å²) in [5.41, 5.74) is 0. The fourth-order valence-corrected chi connectivity index (χ4v) is 0.465. The first-order valence-electron chi connectivity index (χ1n) is 4.72. The first kappa shape index (κ1) is 16.7. The van der Waals surface area contributed by atoms with Crippen LogP contribution in [0.2, 0.25) is 0 Å². The van der Waals surface area contributed by atoms with Gasteiger partial charge < -0.3 is 9.47 Å². The molecule has 0 aliphatic carbocycles. The Morgan fingerprint density at radius 1 is 0.750 bits per heavy atom. The van der Waals surface area contributed by atoms with Crippen LogP contribution in [0.25, 0.3) is 0 Å². The third-order valence-corrected chi connectivity index (χ3v) is 1.13. The van der Waals surface area contributed by atoms with Gasteiger partial charge in [-0.15, -0.1) is 0 Å². The fraction of sp³-hybridized carbons (Fsp3) is 0.600. The number of carbonyl (C=O) groups is 4. The number of ketones is 2. The SMILES string of the molecule is CCOC(=O)C(C)=O.CCOC(=O)C(C)=O. The molecule has 6 nitrogen and oxygen atoms in total. The number of hydrogen-bond donors (Lipinski definition) is 0. The van der Waals surface area contributed by atoms with Crippen LogP contribution in [-0.4, -0.2) is 36.7 Å². The first-order chi connectivity index (χ1) is 7.36. The minimum Gasteiger partial charge on any atom is -0.460 e. The second-order valence-corrected chi connectivity index (χ2v) is 2.55. The molecule has 0 saturated carbocycles. The summed E-state index contributed by atoms with van der Waals surface area (Å²) in [5.74, 6) is -2.61. The van der Waals surface area contributed by atoms with E-state index in [1.807, 2.05) is 0 Å². The second-order valence-electron chi connectivity index (χ2n) is 2.55. The van der Waals surface area contributed by atoms with Crippen molar-refractivity contribution >= 4 is 23.5 Å². The average Bonchev–Trinajstić information content (AvgIpc) is 2.19. The minimum absolute atomic E-state index is 0.262. The third kappa shape index (κ3) is 10.4. The molecule has 0 aromatic heterocycles. The molecule has 0 spiro atoms. The van der Waals surface area contributed by atoms with E-state index < -0.39 is 23.5 Å². The molecule has 0 radical (unpaired) electrons. The van der Waals surface area contributed by atoms with Crippen LogP contribution < -0.4 is 0 Å². The minimum atomic E-state index is -0.757. The van der Waals surface area contributed by atoms with Gasteiger partial charge in [-0.25, -0.2) is 9.59 Å². The molecule has 0 atom stereocenters. The molecular weight excluding hydrogens is 216 g/mol. The van der Waals surface area contributed by atoms with Crippen LogP contribution in [0.15, 0.2) is 0 Å². The molecule has 0 aliphatic rings. The predicted molar refractivity (Wildman–Crippen MR) is 54.6 cm³/mol. The van der Waals surface area contributed by atoms with E-state index in [9.17, 15) is 19.2 Å². The molecule has 0 saturated heterocycles. The Labute approximate surface area is 93.9 Å². The van der Waals surface area contributed by atoms with Crippen molar-refractivity contribution in [1.29, 1.82) is 0 Å². The molecule has 0 bridgehead atoms. The summed E-state index contributed by atoms with van der Waals surface area (Å²) >= 11 is 0. The predicted octanol–water partition coefficient (Wildman–Crippen LogP) is 0.277. The number of rotatable bonds is 4. The van der Waals surface area contributed by atoms with Crippen LogP contribution in [-0.2, 0) is 28.7 Å². The lowest BCUT2D eigenvalue weighted by Gasteiger charge is -1.93. The first-order valence-corrected chi connectivity index (χ1v) is 4.72. The van der Waals surface area contributed by atoms with Gasteiger partial charge >= 0.3 is 11.9 Å². The Morgan fingerprint density at radius 2 is 1.00 bits per heavy atom. The molecule has 0 N–H and O–H groups in total. The molecule has 0 rings (SSSR count). The van der Waals surface area contributed by atoms with E-state index in [0.717, 1.165) is 0 Å². The molecule has 0 amide bonds. The lowest BCUT2D eigenvalue weighted by molar-refractivity contribution is -0.152. The highest BCUT2D eigenvalue weighted by Crippen LogP contribution is 1.77. The summed E-state index contributed by atoms with van der Waals surface area (Å²) in [5, 5.41) is 0. The fourth-order valence-electron chi connectivity index (χ4n) is 0.465. The lowest BCUT2D eigenvalue weighted by Crippen LogP contribution is -2.12. The van der Waals surface area contributed by atoms with Crippen molar-refractivity contribution in [2.75, 3.05) is 13.2 Å². The van der Waals surface area contributed by atoms with Crippen LogP contribution >= 0.6 is 0 Å². The van der Waals surface area contributed by atoms with Gasteiger partial charge in [0, 0.05) is 13.8 Å². The van der Waals surface area contributed by atoms with Crippen LogP contribution in [0.1, 0.15) is 27.7 Å². The third-order valence-electron chi connectivity index (χ3n) is 1.13. The number of carbonyl (C=O) groups excluding carboxylic acids is 4. The molecule has 6 heteroatoms. The van der Waals surface area contributed by atoms with E-state index in [2.05, 4.69) is 9.47 Å². The van der Waals surface area contributed by atoms with Gasteiger partial charge in [-0.3, -0.25) is 9.59 Å². The van der Waals surface area contributed by atoms with E-state index in [1.165, 1.54) is 13.8 Å². The summed E-state index contributed by atoms with van der Waals surface area (Å²) in [4.78, 5) is 40.5. The van der Waals surface area contributed by atoms with E-state index in [1.54, 1.807) is 13.8 Å². The molecule has 0 aromatic carbocycles. The van der Waals surface area contributed by atoms with E-state index >= 15 is 0 Å². The maximum absolute atomic E-state index is 10.2. The van der Waals surface area contributed by atoms with Gasteiger partial charge in [0.05, 0.1) is 13.2 Å². The summed E-state index contributed by atoms with van der Waals surface area (Å²) < 4.78 is 8.63. The lowest BCUT2D eigenvalue weighted by atomic mass is 10.5. The van der Waals surface area contributed by atoms with Crippen LogP contribution in [0.5, 0.6) is 0 Å². The maximum Gasteiger partial charge on any atom is 0.374 e. The average molecular weight is 232 g/mol. The smallest absolute Gasteiger partial charge is 0.374 e. The van der Waals surface area contributed by atoms with E-state index in [4.69, 9.17) is 0 Å². The standard InChI is InChI=1S/2C5H8O3/c2*1-3-8-5(7)4(2)6/h2*3H2,1-2H3. The molecule has 92 valence electrons. The molecule has 0 fully saturated rings. The number of hydrogen-bond acceptors (Lipinski definition) is 6. The Bertz CT molecular complexity index is 240. The van der Waals surface area contributed by atoms with Gasteiger partial charge in [-0.2, -0.15) is 0 Å². The normalized spacial score (nSPS) is 8.25. The number of ether oxygens (including phenoxy) is 2. The van der Waals surface area contributed by atoms with E-state index in [0.29, 0.717) is 0 Å². The highest BCUT2D eigenvalue weighted by Gasteiger charge is 2.05. The summed E-state index contributed by atoms with van der Waals surface area (Å²) in [6.07, 6.45) is 0. The molecule has 16 heavy (non-hydrogen) atoms. The largest absolute Gasteiger partial charge is 0.460 e. The zero-order valence-corrected chi connectivity index (χ0v) is 9.86. The molecule has 0 aliphatic heterocycles. The summed E-state index contributed by atoms with van der Waals surface area (Å²) in [6.45, 7) is 6.19. The number of Topliss-reactive ketones (excluding diaryl/α,β-unsaturated/α-hetero) is 2. The zero-order chi connectivity index (χ0) is 13.1. The van der Waals surface area contributed by atoms with Gasteiger partial charge in [0.1, 0.15) is 0 Å². The monoisotopic (exact) mass is 232 g/mol. The van der Waals surface area contributed by atoms with Crippen LogP contribution in [0.3, 0.4) is 0 Å². The van der Waals surface area contributed by atoms with Gasteiger partial charge in [0.15, 0.2) is 0 Å². The summed E-state index contributed by atoms with van der Waals surface area (Å²) in [6, 6.07) is 0. The topological polar surface area (TPSA) is 86.7 Å². The van der Waals surface area contributed by atoms with Gasteiger partial charge in [-0.05, 0) is 13.8 Å². The summed E-state index contributed by atoms with van der Waals surface area (Å²) in [7, 11) is 0. The Hall–Kier alpha value is -1.72.